The van der Waals surface area contributed by atoms with Crippen LogP contribution in [0, 0.1) is 0 Å². The summed E-state index contributed by atoms with van der Waals surface area (Å²) in [6, 6.07) is 110. The topological polar surface area (TPSA) is 48.5 Å². The van der Waals surface area contributed by atoms with Gasteiger partial charge >= 0.3 is 0 Å². The van der Waals surface area contributed by atoms with E-state index < -0.39 is 0 Å². The first kappa shape index (κ1) is 60.3. The number of benzene rings is 14. The van der Waals surface area contributed by atoms with Crippen LogP contribution in [0.4, 0.5) is 0 Å². The second-order valence-corrected chi connectivity index (χ2v) is 32.2. The van der Waals surface area contributed by atoms with Crippen molar-refractivity contribution in [1.82, 2.24) is 24.1 Å². The van der Waals surface area contributed by atoms with E-state index in [1.807, 2.05) is 0 Å². The van der Waals surface area contributed by atoms with Crippen molar-refractivity contribution in [3.63, 3.8) is 0 Å². The van der Waals surface area contributed by atoms with Gasteiger partial charge in [0.15, 0.2) is 5.82 Å². The molecule has 3 heterocycles. The smallest absolute Gasteiger partial charge is 0.238 e. The molecule has 17 aromatic rings. The average molecular weight is 1340 g/mol. The maximum Gasteiger partial charge on any atom is 0.238 e. The molecule has 0 saturated carbocycles. The molecule has 0 spiro atoms. The van der Waals surface area contributed by atoms with Crippen LogP contribution in [-0.2, 0) is 21.7 Å². The Labute approximate surface area is 611 Å². The number of aromatic nitrogens is 5. The highest BCUT2D eigenvalue weighted by Gasteiger charge is 2.41. The fourth-order valence-electron chi connectivity index (χ4n) is 19.9. The number of rotatable bonds is 7. The minimum absolute atomic E-state index is 0.0433. The van der Waals surface area contributed by atoms with E-state index in [1.54, 1.807) is 0 Å². The van der Waals surface area contributed by atoms with E-state index in [0.717, 1.165) is 33.1 Å². The zero-order valence-corrected chi connectivity index (χ0v) is 60.0. The minimum Gasteiger partial charge on any atom is -0.309 e. The molecule has 0 aliphatic heterocycles. The largest absolute Gasteiger partial charge is 0.309 e. The second-order valence-electron chi connectivity index (χ2n) is 32.2. The Hall–Kier alpha value is -12.3. The first-order chi connectivity index (χ1) is 51.1. The highest BCUT2D eigenvalue weighted by molar-refractivity contribution is 6.12. The number of hydrogen-bond donors (Lipinski definition) is 0. The zero-order chi connectivity index (χ0) is 70.3. The Kier molecular flexibility index (Phi) is 12.2. The van der Waals surface area contributed by atoms with Crippen LogP contribution < -0.4 is 0 Å². The predicted octanol–water partition coefficient (Wildman–Crippen LogP) is 25.1. The summed E-state index contributed by atoms with van der Waals surface area (Å²) in [5.74, 6) is 1.65. The van der Waals surface area contributed by atoms with Crippen LogP contribution in [0.3, 0.4) is 0 Å². The van der Waals surface area contributed by atoms with Crippen molar-refractivity contribution in [2.45, 2.75) is 83.0 Å². The van der Waals surface area contributed by atoms with E-state index in [-0.39, 0.29) is 27.6 Å². The Bertz CT molecular complexity index is 6740. The lowest BCUT2D eigenvalue weighted by Gasteiger charge is -2.23. The summed E-state index contributed by atoms with van der Waals surface area (Å²) >= 11 is 0. The van der Waals surface area contributed by atoms with Gasteiger partial charge in [0.25, 0.3) is 0 Å². The lowest BCUT2D eigenvalue weighted by Crippen LogP contribution is -2.16. The summed E-state index contributed by atoms with van der Waals surface area (Å²) < 4.78 is 4.77. The van der Waals surface area contributed by atoms with Gasteiger partial charge in [-0.2, -0.15) is 9.97 Å². The van der Waals surface area contributed by atoms with E-state index in [9.17, 15) is 0 Å². The van der Waals surface area contributed by atoms with Gasteiger partial charge in [0.05, 0.1) is 28.0 Å². The summed E-state index contributed by atoms with van der Waals surface area (Å²) in [6.45, 7) is 18.9. The van der Waals surface area contributed by atoms with Gasteiger partial charge in [-0.1, -0.05) is 268 Å². The maximum atomic E-state index is 5.78. The molecule has 0 radical (unpaired) electrons. The molecule has 5 nitrogen and oxygen atoms in total. The molecule has 0 saturated heterocycles. The summed E-state index contributed by atoms with van der Waals surface area (Å²) in [4.78, 5) is 17.3. The van der Waals surface area contributed by atoms with Crippen molar-refractivity contribution >= 4 is 43.6 Å². The van der Waals surface area contributed by atoms with E-state index in [1.165, 1.54) is 166 Å². The Morgan fingerprint density at radius 3 is 1.16 bits per heavy atom. The molecule has 105 heavy (non-hydrogen) atoms. The van der Waals surface area contributed by atoms with Crippen LogP contribution in [-0.4, -0.2) is 24.1 Å². The van der Waals surface area contributed by atoms with E-state index in [4.69, 9.17) is 15.0 Å². The van der Waals surface area contributed by atoms with Gasteiger partial charge in [0.1, 0.15) is 5.82 Å². The standard InChI is InChI=1S/C100H73N5/c1-97(2)81-28-16-11-22-66(81)76-50-58(35-44-84(76)97)57-33-42-74-75(49-57)65-21-9-10-27-73(65)93(74)95-101-94(102-96(103-95)105-90-32-20-15-26-72(90)80-54-62(39-48-92(80)105)60-37-46-86-78(52-60)68-24-13-18-30-83(68)99(86,5)6)63-34-41-69-70-43-40-64(56-88(70)100(7,8)87(69)55-63)104-89-31-19-14-25-71(89)79-53-61(38-47-91(79)104)59-36-45-85-77(51-59)67-23-12-17-29-82(67)98(85,3)4/h9-56,93H,1-8H3. The Morgan fingerprint density at radius 2 is 0.610 bits per heavy atom. The average Bonchev–Trinajstić information content (AvgIpc) is 1.58. The quantitative estimate of drug-likeness (QED) is 0.160. The third kappa shape index (κ3) is 8.32. The molecule has 14 aromatic carbocycles. The summed E-state index contributed by atoms with van der Waals surface area (Å²) in [5.41, 5.74) is 39.2. The van der Waals surface area contributed by atoms with Crippen LogP contribution in [0.5, 0.6) is 0 Å². The fourth-order valence-corrected chi connectivity index (χ4v) is 19.9. The lowest BCUT2D eigenvalue weighted by molar-refractivity contribution is 0.660. The molecule has 0 bridgehead atoms. The first-order valence-electron chi connectivity index (χ1n) is 37.2. The van der Waals surface area contributed by atoms with Gasteiger partial charge in [-0.15, -0.1) is 0 Å². The van der Waals surface area contributed by atoms with Crippen LogP contribution in [0.25, 0.3) is 156 Å². The molecule has 5 aliphatic rings. The lowest BCUT2D eigenvalue weighted by atomic mass is 9.81. The predicted molar refractivity (Wildman–Crippen MR) is 433 cm³/mol. The van der Waals surface area contributed by atoms with Gasteiger partial charge in [0, 0.05) is 54.5 Å². The third-order valence-electron chi connectivity index (χ3n) is 25.3. The molecule has 1 atom stereocenters. The normalized spacial score (nSPS) is 15.8. The molecule has 0 fully saturated rings. The van der Waals surface area contributed by atoms with Crippen molar-refractivity contribution in [3.8, 4) is 112 Å². The van der Waals surface area contributed by atoms with Gasteiger partial charge < -0.3 is 4.57 Å². The fraction of sp³-hybridized carbons (Fsp3) is 0.130. The highest BCUT2D eigenvalue weighted by atomic mass is 15.2. The van der Waals surface area contributed by atoms with Crippen molar-refractivity contribution in [1.29, 1.82) is 0 Å². The monoisotopic (exact) mass is 1340 g/mol. The maximum absolute atomic E-state index is 5.78. The number of nitrogens with zero attached hydrogens (tertiary/aromatic N) is 5. The van der Waals surface area contributed by atoms with E-state index in [0.29, 0.717) is 17.6 Å². The molecule has 0 amide bonds. The molecular weight excluding hydrogens is 1270 g/mol. The third-order valence-corrected chi connectivity index (χ3v) is 25.3. The SMILES string of the molecule is CC1(C)c2ccccc2-c2cc(-c3ccc4c(c3)-c3ccccc3C4c3nc(-c4ccc5c(c4)C(C)(C)c4cc(-n6c7ccccc7c7cc(-c8ccc9c(c8)-c8ccccc8C9(C)C)ccc76)ccc4-5)nc(-n4c5ccccc5c5cc(-c6ccc7c(c6)-c6ccccc6C7(C)C)ccc54)n3)ccc21. The first-order valence-corrected chi connectivity index (χ1v) is 37.2. The van der Waals surface area contributed by atoms with Crippen LogP contribution >= 0.6 is 0 Å². The van der Waals surface area contributed by atoms with Crippen LogP contribution in [0.2, 0.25) is 0 Å². The molecule has 1 unspecified atom stereocenters. The Morgan fingerprint density at radius 1 is 0.238 bits per heavy atom. The molecular formula is C100H73N5. The van der Waals surface area contributed by atoms with Crippen molar-refractivity contribution in [2.75, 3.05) is 0 Å². The minimum atomic E-state index is -0.384. The molecule has 22 rings (SSSR count). The number of para-hydroxylation sites is 2. The molecule has 498 valence electrons. The van der Waals surface area contributed by atoms with Gasteiger partial charge in [-0.05, 0) is 224 Å². The zero-order valence-electron chi connectivity index (χ0n) is 60.0. The van der Waals surface area contributed by atoms with Gasteiger partial charge in [-0.3, -0.25) is 4.57 Å². The molecule has 0 N–H and O–H groups in total. The second kappa shape index (κ2) is 21.2. The van der Waals surface area contributed by atoms with Gasteiger partial charge in [0.2, 0.25) is 5.95 Å². The summed E-state index contributed by atoms with van der Waals surface area (Å²) in [5, 5.41) is 4.76. The summed E-state index contributed by atoms with van der Waals surface area (Å²) in [7, 11) is 0. The van der Waals surface area contributed by atoms with E-state index in [2.05, 4.69) is 356 Å². The molecule has 3 aromatic heterocycles. The van der Waals surface area contributed by atoms with Gasteiger partial charge in [-0.25, -0.2) is 4.98 Å². The van der Waals surface area contributed by atoms with Crippen molar-refractivity contribution in [3.05, 3.63) is 353 Å². The van der Waals surface area contributed by atoms with Crippen molar-refractivity contribution < 1.29 is 0 Å². The van der Waals surface area contributed by atoms with Crippen LogP contribution in [0.15, 0.2) is 291 Å². The highest BCUT2D eigenvalue weighted by Crippen LogP contribution is 2.56. The number of hydrogen-bond acceptors (Lipinski definition) is 3. The molecule has 5 aliphatic carbocycles. The molecule has 5 heteroatoms. The number of fused-ring (bicyclic) bond motifs is 21. The van der Waals surface area contributed by atoms with Crippen molar-refractivity contribution in [2.24, 2.45) is 0 Å². The van der Waals surface area contributed by atoms with Crippen LogP contribution in [0.1, 0.15) is 123 Å². The van der Waals surface area contributed by atoms with E-state index >= 15 is 0 Å². The summed E-state index contributed by atoms with van der Waals surface area (Å²) in [6.07, 6.45) is 0. The Balaban J connectivity index is 0.678.